The van der Waals surface area contributed by atoms with E-state index >= 15 is 0 Å². The van der Waals surface area contributed by atoms with Crippen LogP contribution in [0.4, 0.5) is 0 Å². The summed E-state index contributed by atoms with van der Waals surface area (Å²) < 4.78 is 0. The first-order valence-corrected chi connectivity index (χ1v) is 6.60. The highest BCUT2D eigenvalue weighted by Crippen LogP contribution is 2.19. The summed E-state index contributed by atoms with van der Waals surface area (Å²) in [5.74, 6) is 1.45. The van der Waals surface area contributed by atoms with Crippen molar-refractivity contribution in [2.24, 2.45) is 0 Å². The van der Waals surface area contributed by atoms with Crippen LogP contribution in [-0.4, -0.2) is 20.6 Å². The molecule has 0 aliphatic rings. The highest BCUT2D eigenvalue weighted by molar-refractivity contribution is 5.25. The zero-order valence-corrected chi connectivity index (χ0v) is 11.1. The molecule has 0 spiro atoms. The normalized spacial score (nSPS) is 12.6. The number of benzene rings is 1. The predicted octanol–water partition coefficient (Wildman–Crippen LogP) is 2.89. The molecule has 18 heavy (non-hydrogen) atoms. The number of aromatic nitrogens is 4. The van der Waals surface area contributed by atoms with Crippen LogP contribution in [0.2, 0.25) is 0 Å². The number of hydrogen-bond donors (Lipinski definition) is 1. The Hall–Kier alpha value is -1.71. The van der Waals surface area contributed by atoms with Gasteiger partial charge in [-0.25, -0.2) is 0 Å². The smallest absolute Gasteiger partial charge is 0.174 e. The van der Waals surface area contributed by atoms with Gasteiger partial charge in [0.15, 0.2) is 5.82 Å². The molecule has 0 bridgehead atoms. The maximum Gasteiger partial charge on any atom is 0.174 e. The van der Waals surface area contributed by atoms with E-state index in [9.17, 15) is 0 Å². The van der Waals surface area contributed by atoms with Gasteiger partial charge in [0.05, 0.1) is 0 Å². The summed E-state index contributed by atoms with van der Waals surface area (Å²) >= 11 is 0. The molecular weight excluding hydrogens is 224 g/mol. The maximum atomic E-state index is 3.95. The summed E-state index contributed by atoms with van der Waals surface area (Å²) in [4.78, 5) is 0. The Balaban J connectivity index is 1.83. The lowest BCUT2D eigenvalue weighted by Crippen LogP contribution is -1.94. The first-order valence-electron chi connectivity index (χ1n) is 6.60. The molecule has 1 aromatic heterocycles. The van der Waals surface area contributed by atoms with E-state index < -0.39 is 0 Å². The molecule has 0 radical (unpaired) electrons. The van der Waals surface area contributed by atoms with Gasteiger partial charge in [0.1, 0.15) is 0 Å². The largest absolute Gasteiger partial charge is 0.177 e. The Morgan fingerprint density at radius 3 is 2.56 bits per heavy atom. The zero-order valence-electron chi connectivity index (χ0n) is 11.1. The number of nitrogens with zero attached hydrogens (tertiary/aromatic N) is 3. The van der Waals surface area contributed by atoms with E-state index in [1.807, 2.05) is 0 Å². The van der Waals surface area contributed by atoms with Crippen LogP contribution in [0.15, 0.2) is 24.3 Å². The minimum atomic E-state index is 0.651. The second-order valence-corrected chi connectivity index (χ2v) is 4.73. The third-order valence-electron chi connectivity index (χ3n) is 3.42. The molecule has 1 atom stereocenters. The van der Waals surface area contributed by atoms with E-state index in [2.05, 4.69) is 58.7 Å². The van der Waals surface area contributed by atoms with Crippen molar-refractivity contribution in [1.29, 1.82) is 0 Å². The number of rotatable bonds is 6. The van der Waals surface area contributed by atoms with Gasteiger partial charge < -0.3 is 0 Å². The lowest BCUT2D eigenvalue weighted by molar-refractivity contribution is 0.731. The van der Waals surface area contributed by atoms with Crippen molar-refractivity contribution < 1.29 is 0 Å². The molecule has 4 heteroatoms. The molecule has 2 aromatic rings. The summed E-state index contributed by atoms with van der Waals surface area (Å²) in [5.41, 5.74) is 2.81. The molecule has 0 saturated carbocycles. The maximum absolute atomic E-state index is 3.95. The van der Waals surface area contributed by atoms with Gasteiger partial charge in [0.2, 0.25) is 0 Å². The summed E-state index contributed by atoms with van der Waals surface area (Å²) in [5, 5.41) is 13.9. The first-order chi connectivity index (χ1) is 8.79. The molecule has 96 valence electrons. The van der Waals surface area contributed by atoms with Gasteiger partial charge in [0, 0.05) is 6.42 Å². The van der Waals surface area contributed by atoms with Gasteiger partial charge in [0.25, 0.3) is 0 Å². The Bertz CT molecular complexity index is 447. The van der Waals surface area contributed by atoms with Crippen LogP contribution in [0.1, 0.15) is 49.6 Å². The van der Waals surface area contributed by atoms with Crippen molar-refractivity contribution in [1.82, 2.24) is 20.6 Å². The van der Waals surface area contributed by atoms with Crippen LogP contribution in [0, 0.1) is 0 Å². The van der Waals surface area contributed by atoms with Crippen LogP contribution in [0.3, 0.4) is 0 Å². The number of nitrogens with one attached hydrogen (secondary N) is 1. The number of H-pyrrole nitrogens is 1. The standard InChI is InChI=1S/C14H20N4/c1-3-11(2)13-9-7-12(8-10-13)5-4-6-14-15-17-18-16-14/h7-11H,3-6H2,1-2H3,(H,15,16,17,18). The van der Waals surface area contributed by atoms with Gasteiger partial charge in [-0.15, -0.1) is 10.2 Å². The van der Waals surface area contributed by atoms with E-state index in [-0.39, 0.29) is 0 Å². The molecule has 1 aromatic carbocycles. The number of tetrazole rings is 1. The lowest BCUT2D eigenvalue weighted by Gasteiger charge is -2.09. The fraction of sp³-hybridized carbons (Fsp3) is 0.500. The van der Waals surface area contributed by atoms with Crippen molar-refractivity contribution in [2.75, 3.05) is 0 Å². The molecule has 0 aliphatic heterocycles. The molecular formula is C14H20N4. The van der Waals surface area contributed by atoms with Gasteiger partial charge in [-0.05, 0) is 36.3 Å². The summed E-state index contributed by atoms with van der Waals surface area (Å²) in [6.07, 6.45) is 4.19. The summed E-state index contributed by atoms with van der Waals surface area (Å²) in [7, 11) is 0. The van der Waals surface area contributed by atoms with Gasteiger partial charge in [-0.2, -0.15) is 5.21 Å². The minimum Gasteiger partial charge on any atom is -0.177 e. The molecule has 0 aliphatic carbocycles. The highest BCUT2D eigenvalue weighted by atomic mass is 15.5. The summed E-state index contributed by atoms with van der Waals surface area (Å²) in [6.45, 7) is 4.49. The third kappa shape index (κ3) is 3.39. The molecule has 4 nitrogen and oxygen atoms in total. The Morgan fingerprint density at radius 2 is 1.94 bits per heavy atom. The topological polar surface area (TPSA) is 54.5 Å². The van der Waals surface area contributed by atoms with Gasteiger partial charge >= 0.3 is 0 Å². The van der Waals surface area contributed by atoms with Crippen molar-refractivity contribution in [3.63, 3.8) is 0 Å². The predicted molar refractivity (Wildman–Crippen MR) is 71.4 cm³/mol. The van der Waals surface area contributed by atoms with Gasteiger partial charge in [-0.3, -0.25) is 0 Å². The highest BCUT2D eigenvalue weighted by Gasteiger charge is 2.03. The Morgan fingerprint density at radius 1 is 1.17 bits per heavy atom. The molecule has 1 N–H and O–H groups in total. The monoisotopic (exact) mass is 244 g/mol. The molecule has 0 fully saturated rings. The Labute approximate surface area is 108 Å². The third-order valence-corrected chi connectivity index (χ3v) is 3.42. The van der Waals surface area contributed by atoms with E-state index in [4.69, 9.17) is 0 Å². The van der Waals surface area contributed by atoms with Gasteiger partial charge in [-0.1, -0.05) is 43.3 Å². The second-order valence-electron chi connectivity index (χ2n) is 4.73. The second kappa shape index (κ2) is 6.28. The van der Waals surface area contributed by atoms with Crippen LogP contribution in [0.5, 0.6) is 0 Å². The van der Waals surface area contributed by atoms with E-state index in [1.54, 1.807) is 0 Å². The number of aromatic amines is 1. The summed E-state index contributed by atoms with van der Waals surface area (Å²) in [6, 6.07) is 8.96. The molecule has 0 saturated heterocycles. The van der Waals surface area contributed by atoms with E-state index in [0.717, 1.165) is 25.1 Å². The fourth-order valence-electron chi connectivity index (χ4n) is 1.99. The van der Waals surface area contributed by atoms with Crippen molar-refractivity contribution in [3.05, 3.63) is 41.2 Å². The molecule has 2 rings (SSSR count). The minimum absolute atomic E-state index is 0.651. The quantitative estimate of drug-likeness (QED) is 0.850. The average Bonchev–Trinajstić information content (AvgIpc) is 2.92. The fourth-order valence-corrected chi connectivity index (χ4v) is 1.99. The SMILES string of the molecule is CCC(C)c1ccc(CCCc2nn[nH]n2)cc1. The lowest BCUT2D eigenvalue weighted by atomic mass is 9.96. The zero-order chi connectivity index (χ0) is 12.8. The Kier molecular flexibility index (Phi) is 4.45. The van der Waals surface area contributed by atoms with Crippen LogP contribution in [0.25, 0.3) is 0 Å². The van der Waals surface area contributed by atoms with Crippen molar-refractivity contribution in [2.45, 2.75) is 45.4 Å². The number of hydrogen-bond acceptors (Lipinski definition) is 3. The van der Waals surface area contributed by atoms with Crippen molar-refractivity contribution in [3.8, 4) is 0 Å². The number of aryl methyl sites for hydroxylation is 2. The first kappa shape index (κ1) is 12.7. The van der Waals surface area contributed by atoms with E-state index in [1.165, 1.54) is 17.5 Å². The van der Waals surface area contributed by atoms with Crippen LogP contribution < -0.4 is 0 Å². The molecule has 1 heterocycles. The molecule has 0 amide bonds. The van der Waals surface area contributed by atoms with Crippen LogP contribution in [-0.2, 0) is 12.8 Å². The molecule has 1 unspecified atom stereocenters. The van der Waals surface area contributed by atoms with Crippen LogP contribution >= 0.6 is 0 Å². The van der Waals surface area contributed by atoms with E-state index in [0.29, 0.717) is 5.92 Å². The van der Waals surface area contributed by atoms with Crippen molar-refractivity contribution >= 4 is 0 Å². The average molecular weight is 244 g/mol.